The van der Waals surface area contributed by atoms with Gasteiger partial charge in [-0.05, 0) is 61.7 Å². The van der Waals surface area contributed by atoms with E-state index in [2.05, 4.69) is 11.9 Å². The first-order valence-corrected chi connectivity index (χ1v) is 12.7. The number of amides is 1. The van der Waals surface area contributed by atoms with Gasteiger partial charge in [-0.25, -0.2) is 4.98 Å². The summed E-state index contributed by atoms with van der Waals surface area (Å²) in [5, 5.41) is 0.429. The summed E-state index contributed by atoms with van der Waals surface area (Å²) < 4.78 is 18.0. The Labute approximate surface area is 215 Å². The molecule has 0 saturated carbocycles. The number of hydrogen-bond donors (Lipinski definition) is 0. The van der Waals surface area contributed by atoms with Gasteiger partial charge in [0, 0.05) is 6.20 Å². The highest BCUT2D eigenvalue weighted by Gasteiger charge is 2.44. The predicted molar refractivity (Wildman–Crippen MR) is 143 cm³/mol. The van der Waals surface area contributed by atoms with E-state index in [-0.39, 0.29) is 11.2 Å². The van der Waals surface area contributed by atoms with E-state index < -0.39 is 11.9 Å². The van der Waals surface area contributed by atoms with Crippen molar-refractivity contribution in [2.45, 2.75) is 46.1 Å². The van der Waals surface area contributed by atoms with Gasteiger partial charge >= 0.3 is 0 Å². The average molecular weight is 499 g/mol. The molecular formula is C30H30N2O5. The molecule has 0 bridgehead atoms. The van der Waals surface area contributed by atoms with Crippen LogP contribution in [-0.2, 0) is 0 Å². The number of rotatable bonds is 9. The molecule has 5 rings (SSSR count). The van der Waals surface area contributed by atoms with Crippen molar-refractivity contribution in [1.82, 2.24) is 4.98 Å². The Balaban J connectivity index is 1.66. The van der Waals surface area contributed by atoms with Gasteiger partial charge in [0.1, 0.15) is 11.4 Å². The van der Waals surface area contributed by atoms with Crippen LogP contribution in [0, 0.1) is 6.92 Å². The quantitative estimate of drug-likeness (QED) is 0.255. The van der Waals surface area contributed by atoms with Gasteiger partial charge in [-0.15, -0.1) is 0 Å². The van der Waals surface area contributed by atoms with Crippen LogP contribution in [0.1, 0.15) is 66.4 Å². The predicted octanol–water partition coefficient (Wildman–Crippen LogP) is 6.21. The molecule has 7 heteroatoms. The summed E-state index contributed by atoms with van der Waals surface area (Å²) in [6, 6.07) is 15.5. The van der Waals surface area contributed by atoms with Crippen molar-refractivity contribution in [3.8, 4) is 11.5 Å². The van der Waals surface area contributed by atoms with Crippen LogP contribution >= 0.6 is 0 Å². The minimum Gasteiger partial charge on any atom is -0.490 e. The second-order valence-electron chi connectivity index (χ2n) is 9.14. The fourth-order valence-corrected chi connectivity index (χ4v) is 4.69. The lowest BCUT2D eigenvalue weighted by Crippen LogP contribution is -2.30. The molecule has 4 aromatic rings. The van der Waals surface area contributed by atoms with Crippen molar-refractivity contribution in [2.75, 3.05) is 18.1 Å². The number of unbranched alkanes of at least 4 members (excludes halogenated alkanes) is 2. The smallest absolute Gasteiger partial charge is 0.296 e. The number of fused-ring (bicyclic) bond motifs is 2. The summed E-state index contributed by atoms with van der Waals surface area (Å²) >= 11 is 0. The van der Waals surface area contributed by atoms with Crippen molar-refractivity contribution in [2.24, 2.45) is 0 Å². The lowest BCUT2D eigenvalue weighted by Gasteiger charge is -2.25. The van der Waals surface area contributed by atoms with Crippen LogP contribution in [0.15, 0.2) is 70.0 Å². The standard InChI is InChI=1S/C30H30N2O5/c1-4-6-9-16-36-23-14-13-20(17-24(23)35-5-2)27-26-28(33)21-10-7-8-11-22(21)37-29(26)30(34)32(27)25-15-12-19(3)18-31-25/h7-8,10-15,17-18,27H,4-6,9,16H2,1-3H3/t27-/m0/s1. The average Bonchev–Trinajstić information content (AvgIpc) is 3.20. The number of nitrogens with zero attached hydrogens (tertiary/aromatic N) is 2. The molecular weight excluding hydrogens is 468 g/mol. The van der Waals surface area contributed by atoms with E-state index in [9.17, 15) is 9.59 Å². The minimum absolute atomic E-state index is 0.0360. The van der Waals surface area contributed by atoms with Crippen LogP contribution in [0.4, 0.5) is 5.82 Å². The summed E-state index contributed by atoms with van der Waals surface area (Å²) in [6.45, 7) is 7.03. The third-order valence-electron chi connectivity index (χ3n) is 6.51. The molecule has 1 aliphatic heterocycles. The maximum atomic E-state index is 13.7. The molecule has 190 valence electrons. The van der Waals surface area contributed by atoms with E-state index in [0.29, 0.717) is 52.6 Å². The lowest BCUT2D eigenvalue weighted by atomic mass is 9.98. The minimum atomic E-state index is -0.730. The molecule has 0 radical (unpaired) electrons. The lowest BCUT2D eigenvalue weighted by molar-refractivity contribution is 0.0970. The molecule has 0 saturated heterocycles. The van der Waals surface area contributed by atoms with E-state index in [0.717, 1.165) is 24.8 Å². The number of aromatic nitrogens is 1. The van der Waals surface area contributed by atoms with E-state index in [4.69, 9.17) is 13.9 Å². The molecule has 0 fully saturated rings. The van der Waals surface area contributed by atoms with Gasteiger partial charge in [0.05, 0.1) is 30.2 Å². The highest BCUT2D eigenvalue weighted by Crippen LogP contribution is 2.42. The number of para-hydroxylation sites is 1. The number of carbonyl (C=O) groups is 1. The Kier molecular flexibility index (Phi) is 6.95. The highest BCUT2D eigenvalue weighted by atomic mass is 16.5. The fraction of sp³-hybridized carbons (Fsp3) is 0.300. The number of aryl methyl sites for hydroxylation is 1. The van der Waals surface area contributed by atoms with E-state index in [1.807, 2.05) is 38.1 Å². The van der Waals surface area contributed by atoms with Crippen LogP contribution in [0.3, 0.4) is 0 Å². The van der Waals surface area contributed by atoms with Crippen molar-refractivity contribution in [3.05, 3.63) is 93.5 Å². The second kappa shape index (κ2) is 10.5. The summed E-state index contributed by atoms with van der Waals surface area (Å²) in [6.07, 6.45) is 4.85. The van der Waals surface area contributed by atoms with Crippen LogP contribution in [0.2, 0.25) is 0 Å². The molecule has 0 spiro atoms. The van der Waals surface area contributed by atoms with Gasteiger partial charge in [0.25, 0.3) is 5.91 Å². The SMILES string of the molecule is CCCCCOc1ccc([C@H]2c3c(oc4ccccc4c3=O)C(=O)N2c2ccc(C)cn2)cc1OCC. The first-order chi connectivity index (χ1) is 18.0. The van der Waals surface area contributed by atoms with Gasteiger partial charge in [-0.1, -0.05) is 44.0 Å². The summed E-state index contributed by atoms with van der Waals surface area (Å²) in [4.78, 5) is 33.5. The molecule has 37 heavy (non-hydrogen) atoms. The van der Waals surface area contributed by atoms with Gasteiger partial charge in [-0.2, -0.15) is 0 Å². The number of anilines is 1. The molecule has 0 aliphatic carbocycles. The van der Waals surface area contributed by atoms with Crippen LogP contribution < -0.4 is 19.8 Å². The fourth-order valence-electron chi connectivity index (χ4n) is 4.69. The van der Waals surface area contributed by atoms with E-state index in [1.54, 1.807) is 36.5 Å². The Morgan fingerprint density at radius 2 is 1.81 bits per heavy atom. The number of ether oxygens (including phenoxy) is 2. The van der Waals surface area contributed by atoms with E-state index >= 15 is 0 Å². The Bertz CT molecular complexity index is 1490. The zero-order valence-corrected chi connectivity index (χ0v) is 21.3. The molecule has 0 unspecified atom stereocenters. The third kappa shape index (κ3) is 4.57. The number of pyridine rings is 1. The normalized spacial score (nSPS) is 14.7. The van der Waals surface area contributed by atoms with Gasteiger partial charge in [-0.3, -0.25) is 14.5 Å². The maximum absolute atomic E-state index is 13.7. The zero-order valence-electron chi connectivity index (χ0n) is 21.3. The van der Waals surface area contributed by atoms with Crippen molar-refractivity contribution >= 4 is 22.7 Å². The molecule has 2 aromatic heterocycles. The first-order valence-electron chi connectivity index (χ1n) is 12.7. The summed E-state index contributed by atoms with van der Waals surface area (Å²) in [5.41, 5.74) is 2.12. The van der Waals surface area contributed by atoms with Crippen molar-refractivity contribution in [3.63, 3.8) is 0 Å². The monoisotopic (exact) mass is 498 g/mol. The van der Waals surface area contributed by atoms with Crippen molar-refractivity contribution in [1.29, 1.82) is 0 Å². The Morgan fingerprint density at radius 1 is 0.973 bits per heavy atom. The largest absolute Gasteiger partial charge is 0.490 e. The summed E-state index contributed by atoms with van der Waals surface area (Å²) in [7, 11) is 0. The second-order valence-corrected chi connectivity index (χ2v) is 9.14. The Morgan fingerprint density at radius 3 is 2.57 bits per heavy atom. The molecule has 3 heterocycles. The Hall–Kier alpha value is -4.13. The van der Waals surface area contributed by atoms with Gasteiger partial charge in [0.2, 0.25) is 5.76 Å². The number of carbonyl (C=O) groups excluding carboxylic acids is 1. The van der Waals surface area contributed by atoms with Gasteiger partial charge < -0.3 is 13.9 Å². The molecule has 0 N–H and O–H groups in total. The highest BCUT2D eigenvalue weighted by molar-refractivity contribution is 6.10. The van der Waals surface area contributed by atoms with Crippen LogP contribution in [-0.4, -0.2) is 24.1 Å². The topological polar surface area (TPSA) is 81.9 Å². The zero-order chi connectivity index (χ0) is 25.9. The van der Waals surface area contributed by atoms with Crippen molar-refractivity contribution < 1.29 is 18.7 Å². The molecule has 1 atom stereocenters. The number of hydrogen-bond acceptors (Lipinski definition) is 6. The molecule has 7 nitrogen and oxygen atoms in total. The van der Waals surface area contributed by atoms with Gasteiger partial charge in [0.15, 0.2) is 16.9 Å². The molecule has 1 amide bonds. The number of benzene rings is 2. The molecule has 2 aromatic carbocycles. The molecule has 1 aliphatic rings. The maximum Gasteiger partial charge on any atom is 0.296 e. The van der Waals surface area contributed by atoms with Crippen LogP contribution in [0.25, 0.3) is 11.0 Å². The van der Waals surface area contributed by atoms with E-state index in [1.165, 1.54) is 4.90 Å². The van der Waals surface area contributed by atoms with Crippen LogP contribution in [0.5, 0.6) is 11.5 Å². The first kappa shape index (κ1) is 24.6. The summed E-state index contributed by atoms with van der Waals surface area (Å²) in [5.74, 6) is 1.27. The third-order valence-corrected chi connectivity index (χ3v) is 6.51.